The lowest BCUT2D eigenvalue weighted by Gasteiger charge is -2.26. The maximum Gasteiger partial charge on any atom is 0.353 e. The second-order valence-electron chi connectivity index (χ2n) is 3.97. The molecule has 0 aromatic carbocycles. The van der Waals surface area contributed by atoms with Crippen molar-refractivity contribution in [3.8, 4) is 0 Å². The van der Waals surface area contributed by atoms with Gasteiger partial charge in [0.05, 0.1) is 11.5 Å². The Balaban J connectivity index is 3.19. The highest BCUT2D eigenvalue weighted by atomic mass is 16.6. The van der Waals surface area contributed by atoms with Crippen molar-refractivity contribution in [2.75, 3.05) is 30.9 Å². The normalized spacial score (nSPS) is 10.7. The van der Waals surface area contributed by atoms with Gasteiger partial charge in [0.15, 0.2) is 0 Å². The molecule has 1 rings (SSSR count). The van der Waals surface area contributed by atoms with Gasteiger partial charge in [-0.1, -0.05) is 0 Å². The molecule has 0 fully saturated rings. The van der Waals surface area contributed by atoms with Gasteiger partial charge in [-0.3, -0.25) is 10.1 Å². The summed E-state index contributed by atoms with van der Waals surface area (Å²) in [6.07, 6.45) is 1.22. The van der Waals surface area contributed by atoms with E-state index in [1.807, 2.05) is 13.8 Å². The minimum absolute atomic E-state index is 0.0353. The average Bonchev–Trinajstić information content (AvgIpc) is 2.28. The second kappa shape index (κ2) is 6.10. The van der Waals surface area contributed by atoms with E-state index in [2.05, 4.69) is 9.97 Å². The molecular weight excluding hydrogens is 238 g/mol. The predicted octanol–water partition coefficient (Wildman–Crippen LogP) is 0.828. The van der Waals surface area contributed by atoms with Crippen LogP contribution < -0.4 is 10.6 Å². The predicted molar refractivity (Wildman–Crippen MR) is 67.5 cm³/mol. The van der Waals surface area contributed by atoms with Crippen LogP contribution >= 0.6 is 0 Å². The maximum atomic E-state index is 11.0. The van der Waals surface area contributed by atoms with Crippen molar-refractivity contribution in [2.24, 2.45) is 0 Å². The van der Waals surface area contributed by atoms with Crippen molar-refractivity contribution < 1.29 is 9.66 Å². The average molecular weight is 255 g/mol. The molecule has 18 heavy (non-hydrogen) atoms. The summed E-state index contributed by atoms with van der Waals surface area (Å²) in [4.78, 5) is 19.9. The Bertz CT molecular complexity index is 424. The number of ether oxygens (including phenoxy) is 1. The van der Waals surface area contributed by atoms with Gasteiger partial charge in [-0.25, -0.2) is 9.97 Å². The number of nitrogen functional groups attached to an aromatic ring is 1. The lowest BCUT2D eigenvalue weighted by molar-refractivity contribution is -0.383. The van der Waals surface area contributed by atoms with E-state index in [9.17, 15) is 10.1 Å². The first kappa shape index (κ1) is 14.1. The molecule has 2 N–H and O–H groups in total. The van der Waals surface area contributed by atoms with Gasteiger partial charge in [-0.15, -0.1) is 0 Å². The van der Waals surface area contributed by atoms with Crippen molar-refractivity contribution in [3.63, 3.8) is 0 Å². The van der Waals surface area contributed by atoms with E-state index in [-0.39, 0.29) is 23.4 Å². The third-order valence-corrected chi connectivity index (χ3v) is 2.45. The molecule has 0 aliphatic rings. The van der Waals surface area contributed by atoms with Crippen LogP contribution in [0.25, 0.3) is 0 Å². The van der Waals surface area contributed by atoms with Gasteiger partial charge in [-0.05, 0) is 13.8 Å². The van der Waals surface area contributed by atoms with Gasteiger partial charge >= 0.3 is 5.69 Å². The quantitative estimate of drug-likeness (QED) is 0.592. The summed E-state index contributed by atoms with van der Waals surface area (Å²) in [6, 6.07) is 0.0353. The SMILES string of the molecule is COCCN(c1ncnc(N)c1[N+](=O)[O-])C(C)C. The molecule has 0 aliphatic heterocycles. The molecule has 8 heteroatoms. The Hall–Kier alpha value is -1.96. The van der Waals surface area contributed by atoms with Crippen LogP contribution in [-0.4, -0.2) is 41.2 Å². The molecule has 1 aromatic rings. The summed E-state index contributed by atoms with van der Waals surface area (Å²) in [5.41, 5.74) is 5.28. The van der Waals surface area contributed by atoms with Crippen LogP contribution in [0, 0.1) is 10.1 Å². The largest absolute Gasteiger partial charge is 0.383 e. The summed E-state index contributed by atoms with van der Waals surface area (Å²) in [6.45, 7) is 4.76. The first-order valence-corrected chi connectivity index (χ1v) is 5.49. The molecule has 0 saturated carbocycles. The summed E-state index contributed by atoms with van der Waals surface area (Å²) in [5.74, 6) is 0.0904. The fraction of sp³-hybridized carbons (Fsp3) is 0.600. The summed E-state index contributed by atoms with van der Waals surface area (Å²) in [7, 11) is 1.57. The van der Waals surface area contributed by atoms with E-state index in [1.54, 1.807) is 12.0 Å². The Morgan fingerprint density at radius 3 is 2.72 bits per heavy atom. The Morgan fingerprint density at radius 1 is 1.56 bits per heavy atom. The number of aromatic nitrogens is 2. The number of anilines is 2. The molecule has 0 saturated heterocycles. The minimum Gasteiger partial charge on any atom is -0.383 e. The van der Waals surface area contributed by atoms with E-state index in [4.69, 9.17) is 10.5 Å². The number of methoxy groups -OCH3 is 1. The van der Waals surface area contributed by atoms with Crippen molar-refractivity contribution in [1.29, 1.82) is 0 Å². The number of nitro groups is 1. The second-order valence-corrected chi connectivity index (χ2v) is 3.97. The van der Waals surface area contributed by atoms with Crippen LogP contribution in [-0.2, 0) is 4.74 Å². The van der Waals surface area contributed by atoms with Crippen molar-refractivity contribution in [2.45, 2.75) is 19.9 Å². The smallest absolute Gasteiger partial charge is 0.353 e. The van der Waals surface area contributed by atoms with Gasteiger partial charge in [-0.2, -0.15) is 0 Å². The van der Waals surface area contributed by atoms with Crippen LogP contribution in [0.5, 0.6) is 0 Å². The Kier molecular flexibility index (Phi) is 4.78. The molecule has 8 nitrogen and oxygen atoms in total. The van der Waals surface area contributed by atoms with E-state index in [1.165, 1.54) is 6.33 Å². The van der Waals surface area contributed by atoms with Crippen LogP contribution in [0.1, 0.15) is 13.8 Å². The number of hydrogen-bond acceptors (Lipinski definition) is 7. The zero-order valence-electron chi connectivity index (χ0n) is 10.7. The molecule has 1 heterocycles. The molecule has 0 radical (unpaired) electrons. The van der Waals surface area contributed by atoms with Crippen LogP contribution in [0.3, 0.4) is 0 Å². The highest BCUT2D eigenvalue weighted by molar-refractivity contribution is 5.68. The van der Waals surface area contributed by atoms with Gasteiger partial charge in [0.25, 0.3) is 0 Å². The summed E-state index contributed by atoms with van der Waals surface area (Å²) < 4.78 is 4.99. The maximum absolute atomic E-state index is 11.0. The van der Waals surface area contributed by atoms with Gasteiger partial charge in [0, 0.05) is 19.7 Å². The third kappa shape index (κ3) is 3.04. The molecule has 100 valence electrons. The number of hydrogen-bond donors (Lipinski definition) is 1. The number of rotatable bonds is 6. The standard InChI is InChI=1S/C10H17N5O3/c1-7(2)14(4-5-18-3)10-8(15(16)17)9(11)12-6-13-10/h6-7H,4-5H2,1-3H3,(H2,11,12,13). The zero-order chi connectivity index (χ0) is 13.7. The fourth-order valence-corrected chi connectivity index (χ4v) is 1.57. The Morgan fingerprint density at radius 2 is 2.22 bits per heavy atom. The van der Waals surface area contributed by atoms with Crippen molar-refractivity contribution in [3.05, 3.63) is 16.4 Å². The molecular formula is C10H17N5O3. The fourth-order valence-electron chi connectivity index (χ4n) is 1.57. The van der Waals surface area contributed by atoms with Gasteiger partial charge in [0.1, 0.15) is 6.33 Å². The van der Waals surface area contributed by atoms with Crippen LogP contribution in [0.2, 0.25) is 0 Å². The minimum atomic E-state index is -0.563. The lowest BCUT2D eigenvalue weighted by Crippen LogP contribution is -2.35. The number of nitrogens with zero attached hydrogens (tertiary/aromatic N) is 4. The van der Waals surface area contributed by atoms with Gasteiger partial charge in [0.2, 0.25) is 11.6 Å². The molecule has 0 spiro atoms. The van der Waals surface area contributed by atoms with E-state index in [0.29, 0.717) is 13.2 Å². The van der Waals surface area contributed by atoms with Crippen LogP contribution in [0.15, 0.2) is 6.33 Å². The number of nitrogens with two attached hydrogens (primary N) is 1. The topological polar surface area (TPSA) is 107 Å². The summed E-state index contributed by atoms with van der Waals surface area (Å²) in [5, 5.41) is 11.0. The van der Waals surface area contributed by atoms with Gasteiger partial charge < -0.3 is 15.4 Å². The first-order chi connectivity index (χ1) is 8.49. The summed E-state index contributed by atoms with van der Waals surface area (Å²) >= 11 is 0. The molecule has 0 aliphatic carbocycles. The van der Waals surface area contributed by atoms with Crippen molar-refractivity contribution in [1.82, 2.24) is 9.97 Å². The molecule has 0 unspecified atom stereocenters. The first-order valence-electron chi connectivity index (χ1n) is 5.49. The van der Waals surface area contributed by atoms with E-state index < -0.39 is 4.92 Å². The lowest BCUT2D eigenvalue weighted by atomic mass is 10.3. The third-order valence-electron chi connectivity index (χ3n) is 2.45. The Labute approximate surface area is 105 Å². The van der Waals surface area contributed by atoms with Crippen LogP contribution in [0.4, 0.5) is 17.3 Å². The molecule has 0 atom stereocenters. The van der Waals surface area contributed by atoms with E-state index in [0.717, 1.165) is 0 Å². The highest BCUT2D eigenvalue weighted by Crippen LogP contribution is 2.30. The van der Waals surface area contributed by atoms with E-state index >= 15 is 0 Å². The van der Waals surface area contributed by atoms with Crippen molar-refractivity contribution >= 4 is 17.3 Å². The highest BCUT2D eigenvalue weighted by Gasteiger charge is 2.26. The molecule has 0 bridgehead atoms. The molecule has 0 amide bonds. The molecule has 1 aromatic heterocycles. The monoisotopic (exact) mass is 255 g/mol. The zero-order valence-corrected chi connectivity index (χ0v) is 10.7.